The first kappa shape index (κ1) is 26.7. The summed E-state index contributed by atoms with van der Waals surface area (Å²) < 4.78 is 5.61. The van der Waals surface area contributed by atoms with E-state index in [-0.39, 0.29) is 30.3 Å². The van der Waals surface area contributed by atoms with E-state index in [0.29, 0.717) is 31.8 Å². The van der Waals surface area contributed by atoms with Crippen LogP contribution < -0.4 is 20.7 Å². The monoisotopic (exact) mass is 484 g/mol. The van der Waals surface area contributed by atoms with Gasteiger partial charge in [-0.05, 0) is 25.0 Å². The van der Waals surface area contributed by atoms with Crippen LogP contribution in [0.4, 0.5) is 5.69 Å². The minimum atomic E-state index is -0.685. The predicted octanol–water partition coefficient (Wildman–Crippen LogP) is 1.08. The second-order valence-corrected chi connectivity index (χ2v) is 8.09. The largest absolute Gasteiger partial charge is 0.490 e. The van der Waals surface area contributed by atoms with Gasteiger partial charge < -0.3 is 30.6 Å². The third-order valence-electron chi connectivity index (χ3n) is 5.11. The molecule has 1 aromatic rings. The third-order valence-corrected chi connectivity index (χ3v) is 5.40. The number of hydrogen-bond acceptors (Lipinski definition) is 9. The average molecular weight is 485 g/mol. The Hall–Kier alpha value is -2.57. The number of aliphatic hydroxyl groups is 1. The van der Waals surface area contributed by atoms with Crippen molar-refractivity contribution in [2.24, 2.45) is 0 Å². The van der Waals surface area contributed by atoms with E-state index in [9.17, 15) is 24.8 Å². The van der Waals surface area contributed by atoms with Gasteiger partial charge >= 0.3 is 0 Å². The zero-order valence-corrected chi connectivity index (χ0v) is 19.4. The van der Waals surface area contributed by atoms with E-state index < -0.39 is 11.2 Å². The number of nitrogens with one attached hydrogen (secondary N) is 3. The summed E-state index contributed by atoms with van der Waals surface area (Å²) in [5.41, 5.74) is 1.59. The first-order valence-corrected chi connectivity index (χ1v) is 11.6. The third kappa shape index (κ3) is 10.3. The van der Waals surface area contributed by atoms with Crippen molar-refractivity contribution in [2.75, 3.05) is 37.3 Å². The van der Waals surface area contributed by atoms with E-state index in [0.717, 1.165) is 36.9 Å². The van der Waals surface area contributed by atoms with Crippen LogP contribution in [-0.2, 0) is 20.8 Å². The Balaban J connectivity index is 0.000000321. The highest BCUT2D eigenvalue weighted by Crippen LogP contribution is 2.31. The van der Waals surface area contributed by atoms with Gasteiger partial charge in [0.1, 0.15) is 24.6 Å². The van der Waals surface area contributed by atoms with Crippen molar-refractivity contribution in [1.29, 1.82) is 0 Å². The number of fused-ring (bicyclic) bond motifs is 1. The number of ether oxygens (including phenoxy) is 1. The molecule has 1 unspecified atom stereocenters. The van der Waals surface area contributed by atoms with Gasteiger partial charge in [0, 0.05) is 30.9 Å². The van der Waals surface area contributed by atoms with E-state index in [1.54, 1.807) is 12.1 Å². The van der Waals surface area contributed by atoms with Gasteiger partial charge in [-0.1, -0.05) is 25.3 Å². The lowest BCUT2D eigenvalue weighted by atomic mass is 9.98. The molecule has 33 heavy (non-hydrogen) atoms. The van der Waals surface area contributed by atoms with Crippen LogP contribution in [0, 0.1) is 10.1 Å². The van der Waals surface area contributed by atoms with Crippen LogP contribution in [0.15, 0.2) is 18.2 Å². The number of nitrogens with zero attached hydrogens (tertiary/aromatic N) is 1. The SMILES string of the molecule is O=C(CS)NCCNCC(O)COc1cccc2c1CC(=O)N2.O=[N+]([O-])OC1CCCCC1. The topological polar surface area (TPSA) is 152 Å². The van der Waals surface area contributed by atoms with Crippen LogP contribution in [-0.4, -0.2) is 66.2 Å². The lowest BCUT2D eigenvalue weighted by molar-refractivity contribution is -0.769. The molecule has 0 spiro atoms. The van der Waals surface area contributed by atoms with Gasteiger partial charge in [0.2, 0.25) is 11.8 Å². The maximum Gasteiger partial charge on any atom is 0.294 e. The quantitative estimate of drug-likeness (QED) is 0.135. The molecule has 0 bridgehead atoms. The van der Waals surface area contributed by atoms with Crippen LogP contribution in [0.2, 0.25) is 0 Å². The van der Waals surface area contributed by atoms with Gasteiger partial charge in [-0.15, -0.1) is 10.1 Å². The van der Waals surface area contributed by atoms with E-state index in [4.69, 9.17) is 4.74 Å². The van der Waals surface area contributed by atoms with Crippen molar-refractivity contribution in [3.63, 3.8) is 0 Å². The average Bonchev–Trinajstić information content (AvgIpc) is 3.18. The minimum Gasteiger partial charge on any atom is -0.490 e. The zero-order chi connectivity index (χ0) is 24.1. The Morgan fingerprint density at radius 1 is 1.30 bits per heavy atom. The van der Waals surface area contributed by atoms with Crippen LogP contribution in [0.1, 0.15) is 37.7 Å². The number of hydrogen-bond donors (Lipinski definition) is 5. The number of thiol groups is 1. The summed E-state index contributed by atoms with van der Waals surface area (Å²) in [7, 11) is 0. The highest BCUT2D eigenvalue weighted by Gasteiger charge is 2.21. The summed E-state index contributed by atoms with van der Waals surface area (Å²) in [6.45, 7) is 1.51. The highest BCUT2D eigenvalue weighted by molar-refractivity contribution is 7.81. The van der Waals surface area contributed by atoms with Gasteiger partial charge in [-0.2, -0.15) is 12.6 Å². The fourth-order valence-electron chi connectivity index (χ4n) is 3.51. The van der Waals surface area contributed by atoms with Gasteiger partial charge in [0.15, 0.2) is 0 Å². The Kier molecular flexibility index (Phi) is 11.8. The molecule has 4 N–H and O–H groups in total. The molecule has 3 rings (SSSR count). The smallest absolute Gasteiger partial charge is 0.294 e. The number of amides is 2. The molecule has 1 atom stereocenters. The standard InChI is InChI=1S/C15H21N3O4S.C6H11NO3/c19-10(7-16-4-5-17-15(21)9-23)8-22-13-3-1-2-12-11(13)6-14(20)18-12;8-7(9)10-6-4-2-1-3-5-6/h1-3,10,16,19,23H,4-9H2,(H,17,21)(H,18,20);6H,1-5H2. The summed E-state index contributed by atoms with van der Waals surface area (Å²) in [6, 6.07) is 5.41. The molecule has 11 nitrogen and oxygen atoms in total. The van der Waals surface area contributed by atoms with Crippen LogP contribution in [0.3, 0.4) is 0 Å². The van der Waals surface area contributed by atoms with Crippen molar-refractivity contribution in [2.45, 2.75) is 50.7 Å². The predicted molar refractivity (Wildman–Crippen MR) is 125 cm³/mol. The molecule has 1 fully saturated rings. The minimum absolute atomic E-state index is 0.0541. The molecule has 0 aromatic heterocycles. The van der Waals surface area contributed by atoms with Gasteiger partial charge in [-0.3, -0.25) is 9.59 Å². The number of aliphatic hydroxyl groups excluding tert-OH is 1. The molecule has 2 aliphatic rings. The van der Waals surface area contributed by atoms with Gasteiger partial charge in [0.25, 0.3) is 5.09 Å². The first-order valence-electron chi connectivity index (χ1n) is 11.0. The number of benzene rings is 1. The van der Waals surface area contributed by atoms with Gasteiger partial charge in [-0.25, -0.2) is 0 Å². The van der Waals surface area contributed by atoms with Crippen molar-refractivity contribution in [1.82, 2.24) is 10.6 Å². The summed E-state index contributed by atoms with van der Waals surface area (Å²) in [5.74, 6) is 0.595. The molecule has 1 heterocycles. The first-order chi connectivity index (χ1) is 15.9. The normalized spacial score (nSPS) is 16.0. The number of carbonyl (C=O) groups excluding carboxylic acids is 2. The molecule has 1 aliphatic carbocycles. The van der Waals surface area contributed by atoms with Crippen LogP contribution >= 0.6 is 12.6 Å². The Morgan fingerprint density at radius 2 is 2.06 bits per heavy atom. The summed E-state index contributed by atoms with van der Waals surface area (Å²) in [4.78, 5) is 36.6. The lowest BCUT2D eigenvalue weighted by Gasteiger charge is -2.18. The maximum atomic E-state index is 11.4. The summed E-state index contributed by atoms with van der Waals surface area (Å²) >= 11 is 3.85. The fourth-order valence-corrected chi connectivity index (χ4v) is 3.62. The molecule has 184 valence electrons. The molecule has 1 aliphatic heterocycles. The van der Waals surface area contributed by atoms with Gasteiger partial charge in [0.05, 0.1) is 12.2 Å². The number of anilines is 1. The Morgan fingerprint density at radius 3 is 2.76 bits per heavy atom. The molecule has 1 saturated carbocycles. The Bertz CT molecular complexity index is 790. The molecule has 12 heteroatoms. The fraction of sp³-hybridized carbons (Fsp3) is 0.619. The van der Waals surface area contributed by atoms with E-state index in [1.165, 1.54) is 6.42 Å². The molecule has 0 saturated heterocycles. The van der Waals surface area contributed by atoms with Crippen LogP contribution in [0.25, 0.3) is 0 Å². The van der Waals surface area contributed by atoms with Crippen molar-refractivity contribution in [3.8, 4) is 5.75 Å². The molecule has 0 radical (unpaired) electrons. The summed E-state index contributed by atoms with van der Waals surface area (Å²) in [6.07, 6.45) is 4.52. The Labute approximate surface area is 198 Å². The van der Waals surface area contributed by atoms with Crippen molar-refractivity contribution >= 4 is 30.1 Å². The van der Waals surface area contributed by atoms with E-state index in [1.807, 2.05) is 6.07 Å². The maximum absolute atomic E-state index is 11.4. The second kappa shape index (κ2) is 14.6. The van der Waals surface area contributed by atoms with Crippen molar-refractivity contribution < 1.29 is 29.4 Å². The molecular formula is C21H32N4O7S. The van der Waals surface area contributed by atoms with E-state index in [2.05, 4.69) is 33.4 Å². The lowest BCUT2D eigenvalue weighted by Crippen LogP contribution is -2.37. The summed E-state index contributed by atoms with van der Waals surface area (Å²) in [5, 5.41) is 27.5. The second-order valence-electron chi connectivity index (χ2n) is 7.77. The number of carbonyl (C=O) groups is 2. The molecule has 1 aromatic carbocycles. The molecule has 2 amide bonds. The number of rotatable bonds is 11. The molecular weight excluding hydrogens is 452 g/mol. The highest BCUT2D eigenvalue weighted by atomic mass is 32.1. The zero-order valence-electron chi connectivity index (χ0n) is 18.5. The van der Waals surface area contributed by atoms with Crippen molar-refractivity contribution in [3.05, 3.63) is 33.9 Å². The van der Waals surface area contributed by atoms with E-state index >= 15 is 0 Å². The van der Waals surface area contributed by atoms with Crippen LogP contribution in [0.5, 0.6) is 5.75 Å².